The van der Waals surface area contributed by atoms with Crippen LogP contribution in [0.3, 0.4) is 0 Å². The molecule has 0 fully saturated rings. The Hall–Kier alpha value is -3.06. The first-order valence-corrected chi connectivity index (χ1v) is 7.46. The van der Waals surface area contributed by atoms with Crippen LogP contribution in [0, 0.1) is 0 Å². The average Bonchev–Trinajstić information content (AvgIpc) is 3.14. The van der Waals surface area contributed by atoms with Crippen LogP contribution in [0.2, 0.25) is 5.02 Å². The molecule has 3 rings (SSSR count). The highest BCUT2D eigenvalue weighted by Gasteiger charge is 2.09. The molecule has 120 valence electrons. The molecule has 2 aromatic carbocycles. The zero-order valence-electron chi connectivity index (χ0n) is 12.7. The number of hydrogen-bond acceptors (Lipinski definition) is 5. The summed E-state index contributed by atoms with van der Waals surface area (Å²) in [5, 5.41) is 15.6. The molecule has 0 saturated heterocycles. The lowest BCUT2D eigenvalue weighted by Crippen LogP contribution is -2.19. The molecule has 1 amide bonds. The molecule has 0 saturated carbocycles. The average molecular weight is 341 g/mol. The predicted molar refractivity (Wildman–Crippen MR) is 90.3 cm³/mol. The Kier molecular flexibility index (Phi) is 4.62. The van der Waals surface area contributed by atoms with E-state index in [0.29, 0.717) is 16.3 Å². The summed E-state index contributed by atoms with van der Waals surface area (Å²) in [7, 11) is 0. The van der Waals surface area contributed by atoms with Gasteiger partial charge in [-0.1, -0.05) is 35.9 Å². The number of rotatable bonds is 4. The third-order valence-electron chi connectivity index (χ3n) is 3.32. The van der Waals surface area contributed by atoms with Gasteiger partial charge in [0.15, 0.2) is 0 Å². The number of aromatic nitrogens is 4. The number of hydrogen-bond donors (Lipinski definition) is 1. The normalized spacial score (nSPS) is 11.3. The number of carbonyl (C=O) groups excluding carboxylic acids is 1. The van der Waals surface area contributed by atoms with Crippen LogP contribution < -0.4 is 5.43 Å². The standard InChI is InChI=1S/C16H13ClN6O/c1-11(19-20-16(24)14-7-2-3-8-15(14)17)12-5-4-6-13(9-12)23-10-18-21-22-23/h2-10H,1H3,(H,20,24)/b19-11+. The maximum absolute atomic E-state index is 12.1. The fourth-order valence-corrected chi connectivity index (χ4v) is 2.28. The van der Waals surface area contributed by atoms with E-state index in [-0.39, 0.29) is 5.91 Å². The van der Waals surface area contributed by atoms with Crippen molar-refractivity contribution in [2.24, 2.45) is 5.10 Å². The quantitative estimate of drug-likeness (QED) is 0.584. The summed E-state index contributed by atoms with van der Waals surface area (Å²) in [6.45, 7) is 1.80. The number of tetrazole rings is 1. The van der Waals surface area contributed by atoms with Crippen LogP contribution in [0.4, 0.5) is 0 Å². The molecule has 1 aromatic heterocycles. The van der Waals surface area contributed by atoms with Crippen molar-refractivity contribution in [3.05, 3.63) is 71.0 Å². The number of benzene rings is 2. The minimum Gasteiger partial charge on any atom is -0.267 e. The minimum atomic E-state index is -0.364. The van der Waals surface area contributed by atoms with Crippen LogP contribution >= 0.6 is 11.6 Å². The molecule has 1 N–H and O–H groups in total. The summed E-state index contributed by atoms with van der Waals surface area (Å²) >= 11 is 6.00. The van der Waals surface area contributed by atoms with Gasteiger partial charge < -0.3 is 0 Å². The van der Waals surface area contributed by atoms with Crippen molar-refractivity contribution in [1.29, 1.82) is 0 Å². The van der Waals surface area contributed by atoms with Crippen molar-refractivity contribution < 1.29 is 4.79 Å². The molecule has 0 bridgehead atoms. The lowest BCUT2D eigenvalue weighted by molar-refractivity contribution is 0.0955. The predicted octanol–water partition coefficient (Wildman–Crippen LogP) is 2.47. The highest BCUT2D eigenvalue weighted by atomic mass is 35.5. The Morgan fingerprint density at radius 1 is 1.21 bits per heavy atom. The number of carbonyl (C=O) groups is 1. The SMILES string of the molecule is C/C(=N\NC(=O)c1ccccc1Cl)c1cccc(-n2cnnn2)c1. The Bertz CT molecular complexity index is 891. The topological polar surface area (TPSA) is 85.1 Å². The molecule has 0 unspecified atom stereocenters. The van der Waals surface area contributed by atoms with Crippen molar-refractivity contribution in [2.75, 3.05) is 0 Å². The molecule has 0 aliphatic carbocycles. The number of nitrogens with one attached hydrogen (secondary N) is 1. The Morgan fingerprint density at radius 3 is 2.79 bits per heavy atom. The van der Waals surface area contributed by atoms with Crippen molar-refractivity contribution in [3.8, 4) is 5.69 Å². The van der Waals surface area contributed by atoms with E-state index in [0.717, 1.165) is 11.3 Å². The van der Waals surface area contributed by atoms with E-state index in [1.807, 2.05) is 24.3 Å². The Balaban J connectivity index is 1.78. The molecule has 24 heavy (non-hydrogen) atoms. The van der Waals surface area contributed by atoms with Crippen LogP contribution in [0.1, 0.15) is 22.8 Å². The molecular weight excluding hydrogens is 328 g/mol. The molecule has 8 heteroatoms. The van der Waals surface area contributed by atoms with Crippen LogP contribution in [0.15, 0.2) is 60.0 Å². The fourth-order valence-electron chi connectivity index (χ4n) is 2.06. The highest BCUT2D eigenvalue weighted by molar-refractivity contribution is 6.33. The van der Waals surface area contributed by atoms with Gasteiger partial charge in [-0.25, -0.2) is 10.1 Å². The van der Waals surface area contributed by atoms with Gasteiger partial charge in [0.25, 0.3) is 5.91 Å². The first-order chi connectivity index (χ1) is 11.6. The molecule has 0 atom stereocenters. The number of nitrogens with zero attached hydrogens (tertiary/aromatic N) is 5. The van der Waals surface area contributed by atoms with Gasteiger partial charge in [0.1, 0.15) is 6.33 Å². The largest absolute Gasteiger partial charge is 0.272 e. The van der Waals surface area contributed by atoms with Gasteiger partial charge in [-0.2, -0.15) is 5.10 Å². The van der Waals surface area contributed by atoms with Gasteiger partial charge in [0, 0.05) is 0 Å². The summed E-state index contributed by atoms with van der Waals surface area (Å²) < 4.78 is 1.54. The lowest BCUT2D eigenvalue weighted by atomic mass is 10.1. The molecule has 1 heterocycles. The van der Waals surface area contributed by atoms with Crippen LogP contribution in [0.25, 0.3) is 5.69 Å². The summed E-state index contributed by atoms with van der Waals surface area (Å²) in [5.41, 5.74) is 5.16. The van der Waals surface area contributed by atoms with E-state index < -0.39 is 0 Å². The molecule has 3 aromatic rings. The van der Waals surface area contributed by atoms with E-state index in [9.17, 15) is 4.79 Å². The number of amides is 1. The van der Waals surface area contributed by atoms with E-state index in [4.69, 9.17) is 11.6 Å². The lowest BCUT2D eigenvalue weighted by Gasteiger charge is -2.06. The second-order valence-electron chi connectivity index (χ2n) is 4.92. The zero-order chi connectivity index (χ0) is 16.9. The maximum atomic E-state index is 12.1. The van der Waals surface area contributed by atoms with E-state index in [1.165, 1.54) is 6.33 Å². The van der Waals surface area contributed by atoms with Gasteiger partial charge in [0.05, 0.1) is 22.0 Å². The summed E-state index contributed by atoms with van der Waals surface area (Å²) in [6, 6.07) is 14.3. The highest BCUT2D eigenvalue weighted by Crippen LogP contribution is 2.14. The number of hydrazone groups is 1. The van der Waals surface area contributed by atoms with Crippen molar-refractivity contribution in [2.45, 2.75) is 6.92 Å². The summed E-state index contributed by atoms with van der Waals surface area (Å²) in [5.74, 6) is -0.364. The minimum absolute atomic E-state index is 0.364. The van der Waals surface area contributed by atoms with Crippen LogP contribution in [-0.2, 0) is 0 Å². The smallest absolute Gasteiger partial charge is 0.267 e. The summed E-state index contributed by atoms with van der Waals surface area (Å²) in [4.78, 5) is 12.1. The van der Waals surface area contributed by atoms with Crippen LogP contribution in [-0.4, -0.2) is 31.8 Å². The molecule has 7 nitrogen and oxygen atoms in total. The van der Waals surface area contributed by atoms with E-state index >= 15 is 0 Å². The second-order valence-corrected chi connectivity index (χ2v) is 5.33. The Morgan fingerprint density at radius 2 is 2.04 bits per heavy atom. The first kappa shape index (κ1) is 15.8. The monoisotopic (exact) mass is 340 g/mol. The van der Waals surface area contributed by atoms with E-state index in [1.54, 1.807) is 35.9 Å². The van der Waals surface area contributed by atoms with Gasteiger partial charge >= 0.3 is 0 Å². The molecule has 0 aliphatic rings. The molecule has 0 radical (unpaired) electrons. The van der Waals surface area contributed by atoms with Gasteiger partial charge in [-0.15, -0.1) is 5.10 Å². The van der Waals surface area contributed by atoms with Crippen LogP contribution in [0.5, 0.6) is 0 Å². The molecule has 0 spiro atoms. The molecule has 0 aliphatic heterocycles. The third-order valence-corrected chi connectivity index (χ3v) is 3.65. The maximum Gasteiger partial charge on any atom is 0.272 e. The molecular formula is C16H13ClN6O. The zero-order valence-corrected chi connectivity index (χ0v) is 13.5. The van der Waals surface area contributed by atoms with Gasteiger partial charge in [-0.05, 0) is 47.2 Å². The second kappa shape index (κ2) is 7.01. The van der Waals surface area contributed by atoms with Crippen molar-refractivity contribution in [1.82, 2.24) is 25.6 Å². The van der Waals surface area contributed by atoms with Crippen molar-refractivity contribution in [3.63, 3.8) is 0 Å². The Labute approximate surface area is 143 Å². The van der Waals surface area contributed by atoms with Gasteiger partial charge in [-0.3, -0.25) is 4.79 Å². The number of halogens is 1. The third kappa shape index (κ3) is 3.47. The fraction of sp³-hybridized carbons (Fsp3) is 0.0625. The summed E-state index contributed by atoms with van der Waals surface area (Å²) in [6.07, 6.45) is 1.50. The van der Waals surface area contributed by atoms with E-state index in [2.05, 4.69) is 26.1 Å². The first-order valence-electron chi connectivity index (χ1n) is 7.08. The van der Waals surface area contributed by atoms with Gasteiger partial charge in [0.2, 0.25) is 0 Å². The van der Waals surface area contributed by atoms with Crippen molar-refractivity contribution >= 4 is 23.2 Å².